The summed E-state index contributed by atoms with van der Waals surface area (Å²) in [5.74, 6) is -0.864. The van der Waals surface area contributed by atoms with Crippen LogP contribution in [0.2, 0.25) is 0 Å². The Labute approximate surface area is 416 Å². The number of carbonyl (C=O) groups excluding carboxylic acids is 3. The van der Waals surface area contributed by atoms with E-state index in [0.29, 0.717) is 19.3 Å². The lowest BCUT2D eigenvalue weighted by atomic mass is 10.0. The maximum Gasteiger partial charge on any atom is 0.306 e. The van der Waals surface area contributed by atoms with Crippen LogP contribution < -0.4 is 0 Å². The standard InChI is InChI=1S/C61H112O6/c1-4-7-10-13-16-19-22-25-28-30-31-32-34-36-39-42-45-48-51-54-60(63)66-57-58(56-65-59(62)53-50-47-44-41-38-35-27-24-21-18-15-12-9-6-3)67-61(64)55-52-49-46-43-40-37-33-29-26-23-20-17-14-11-8-5-2/h16,19,25,28,31-32,58H,4-15,17-18,20-24,26-27,29-30,33-57H2,1-3H3/b19-16-,28-25-,32-31-. The second-order valence-electron chi connectivity index (χ2n) is 19.9. The van der Waals surface area contributed by atoms with E-state index in [0.717, 1.165) is 77.0 Å². The summed E-state index contributed by atoms with van der Waals surface area (Å²) in [6.07, 6.45) is 67.0. The van der Waals surface area contributed by atoms with E-state index in [1.807, 2.05) is 0 Å². The Balaban J connectivity index is 4.35. The van der Waals surface area contributed by atoms with Crippen molar-refractivity contribution in [3.8, 4) is 0 Å². The molecule has 0 radical (unpaired) electrons. The monoisotopic (exact) mass is 941 g/mol. The average molecular weight is 942 g/mol. The Morgan fingerprint density at radius 1 is 0.299 bits per heavy atom. The van der Waals surface area contributed by atoms with Crippen LogP contribution in [0.3, 0.4) is 0 Å². The quantitative estimate of drug-likeness (QED) is 0.0262. The number of allylic oxidation sites excluding steroid dienone is 6. The summed E-state index contributed by atoms with van der Waals surface area (Å²) in [4.78, 5) is 38.2. The first kappa shape index (κ1) is 64.6. The predicted octanol–water partition coefficient (Wildman–Crippen LogP) is 19.7. The van der Waals surface area contributed by atoms with Crippen LogP contribution in [0.5, 0.6) is 0 Å². The van der Waals surface area contributed by atoms with Gasteiger partial charge in [-0.25, -0.2) is 0 Å². The van der Waals surface area contributed by atoms with Gasteiger partial charge >= 0.3 is 17.9 Å². The van der Waals surface area contributed by atoms with Crippen LogP contribution in [0.4, 0.5) is 0 Å². The SMILES string of the molecule is CCCCC/C=C\C/C=C\C/C=C\CCCCCCCCC(=O)OCC(COC(=O)CCCCCCCCCCCCCCCC)OC(=O)CCCCCCCCCCCCCCCCCC. The zero-order valence-electron chi connectivity index (χ0n) is 44.9. The molecule has 0 rings (SSSR count). The molecule has 0 fully saturated rings. The third-order valence-electron chi connectivity index (χ3n) is 13.1. The summed E-state index contributed by atoms with van der Waals surface area (Å²) in [5, 5.41) is 0. The van der Waals surface area contributed by atoms with Crippen molar-refractivity contribution in [1.29, 1.82) is 0 Å². The third kappa shape index (κ3) is 54.4. The Hall–Kier alpha value is -2.37. The number of carbonyl (C=O) groups is 3. The molecule has 0 N–H and O–H groups in total. The lowest BCUT2D eigenvalue weighted by Crippen LogP contribution is -2.30. The van der Waals surface area contributed by atoms with E-state index in [1.54, 1.807) is 0 Å². The van der Waals surface area contributed by atoms with Gasteiger partial charge in [0.2, 0.25) is 0 Å². The fraction of sp³-hybridized carbons (Fsp3) is 0.852. The molecular formula is C61H112O6. The van der Waals surface area contributed by atoms with E-state index in [4.69, 9.17) is 14.2 Å². The summed E-state index contributed by atoms with van der Waals surface area (Å²) in [7, 11) is 0. The highest BCUT2D eigenvalue weighted by atomic mass is 16.6. The largest absolute Gasteiger partial charge is 0.462 e. The molecule has 0 aromatic rings. The Bertz CT molecular complexity index is 1130. The van der Waals surface area contributed by atoms with E-state index >= 15 is 0 Å². The summed E-state index contributed by atoms with van der Waals surface area (Å²) >= 11 is 0. The first-order chi connectivity index (χ1) is 33.0. The maximum atomic E-state index is 12.9. The topological polar surface area (TPSA) is 78.9 Å². The molecule has 0 aromatic carbocycles. The lowest BCUT2D eigenvalue weighted by Gasteiger charge is -2.18. The van der Waals surface area contributed by atoms with Crippen molar-refractivity contribution in [3.05, 3.63) is 36.5 Å². The number of esters is 3. The molecule has 0 spiro atoms. The summed E-state index contributed by atoms with van der Waals surface area (Å²) < 4.78 is 16.9. The van der Waals surface area contributed by atoms with E-state index in [2.05, 4.69) is 57.2 Å². The first-order valence-corrected chi connectivity index (χ1v) is 29.5. The van der Waals surface area contributed by atoms with Gasteiger partial charge in [-0.2, -0.15) is 0 Å². The molecule has 6 heteroatoms. The van der Waals surface area contributed by atoms with Crippen LogP contribution in [-0.4, -0.2) is 37.2 Å². The molecule has 0 saturated heterocycles. The third-order valence-corrected chi connectivity index (χ3v) is 13.1. The molecule has 0 heterocycles. The van der Waals surface area contributed by atoms with Crippen LogP contribution in [0.15, 0.2) is 36.5 Å². The predicted molar refractivity (Wildman–Crippen MR) is 289 cm³/mol. The lowest BCUT2D eigenvalue weighted by molar-refractivity contribution is -0.167. The van der Waals surface area contributed by atoms with E-state index < -0.39 is 6.10 Å². The molecule has 0 aromatic heterocycles. The molecule has 0 aliphatic rings. The van der Waals surface area contributed by atoms with Crippen molar-refractivity contribution in [2.45, 2.75) is 322 Å². The Morgan fingerprint density at radius 2 is 0.537 bits per heavy atom. The Morgan fingerprint density at radius 3 is 0.866 bits per heavy atom. The molecule has 0 aliphatic carbocycles. The molecular weight excluding hydrogens is 829 g/mol. The number of hydrogen-bond donors (Lipinski definition) is 0. The normalized spacial score (nSPS) is 12.2. The van der Waals surface area contributed by atoms with Crippen molar-refractivity contribution in [3.63, 3.8) is 0 Å². The van der Waals surface area contributed by atoms with Gasteiger partial charge in [0, 0.05) is 19.3 Å². The minimum atomic E-state index is -0.773. The molecule has 1 unspecified atom stereocenters. The fourth-order valence-electron chi connectivity index (χ4n) is 8.69. The number of rotatable bonds is 54. The van der Waals surface area contributed by atoms with Crippen molar-refractivity contribution in [2.24, 2.45) is 0 Å². The van der Waals surface area contributed by atoms with Crippen molar-refractivity contribution in [2.75, 3.05) is 13.2 Å². The summed E-state index contributed by atoms with van der Waals surface area (Å²) in [5.41, 5.74) is 0. The molecule has 0 amide bonds. The summed E-state index contributed by atoms with van der Waals surface area (Å²) in [6.45, 7) is 6.65. The highest BCUT2D eigenvalue weighted by molar-refractivity contribution is 5.71. The van der Waals surface area contributed by atoms with Gasteiger partial charge in [-0.1, -0.05) is 276 Å². The average Bonchev–Trinajstić information content (AvgIpc) is 3.33. The van der Waals surface area contributed by atoms with Crippen LogP contribution in [0.25, 0.3) is 0 Å². The molecule has 392 valence electrons. The molecule has 6 nitrogen and oxygen atoms in total. The minimum Gasteiger partial charge on any atom is -0.462 e. The number of unbranched alkanes of at least 4 members (excludes halogenated alkanes) is 37. The molecule has 0 aliphatic heterocycles. The van der Waals surface area contributed by atoms with Crippen molar-refractivity contribution in [1.82, 2.24) is 0 Å². The van der Waals surface area contributed by atoms with Crippen molar-refractivity contribution < 1.29 is 28.6 Å². The first-order valence-electron chi connectivity index (χ1n) is 29.5. The van der Waals surface area contributed by atoms with Crippen molar-refractivity contribution >= 4 is 17.9 Å². The Kier molecular flexibility index (Phi) is 54.2. The van der Waals surface area contributed by atoms with Crippen LogP contribution in [0.1, 0.15) is 316 Å². The van der Waals surface area contributed by atoms with Gasteiger partial charge in [-0.05, 0) is 57.8 Å². The maximum absolute atomic E-state index is 12.9. The van der Waals surface area contributed by atoms with E-state index in [9.17, 15) is 14.4 Å². The van der Waals surface area contributed by atoms with Crippen LogP contribution in [-0.2, 0) is 28.6 Å². The van der Waals surface area contributed by atoms with Gasteiger partial charge in [0.1, 0.15) is 13.2 Å². The summed E-state index contributed by atoms with van der Waals surface area (Å²) in [6, 6.07) is 0. The van der Waals surface area contributed by atoms with E-state index in [-0.39, 0.29) is 31.1 Å². The second-order valence-corrected chi connectivity index (χ2v) is 19.9. The van der Waals surface area contributed by atoms with Gasteiger partial charge in [0.05, 0.1) is 0 Å². The molecule has 1 atom stereocenters. The van der Waals surface area contributed by atoms with Gasteiger partial charge in [-0.15, -0.1) is 0 Å². The smallest absolute Gasteiger partial charge is 0.306 e. The molecule has 0 bridgehead atoms. The van der Waals surface area contributed by atoms with Crippen LogP contribution in [0, 0.1) is 0 Å². The molecule has 67 heavy (non-hydrogen) atoms. The zero-order valence-corrected chi connectivity index (χ0v) is 44.9. The van der Waals surface area contributed by atoms with Gasteiger partial charge < -0.3 is 14.2 Å². The highest BCUT2D eigenvalue weighted by Crippen LogP contribution is 2.17. The number of hydrogen-bond acceptors (Lipinski definition) is 6. The van der Waals surface area contributed by atoms with E-state index in [1.165, 1.54) is 199 Å². The van der Waals surface area contributed by atoms with Crippen LogP contribution >= 0.6 is 0 Å². The van der Waals surface area contributed by atoms with Gasteiger partial charge in [-0.3, -0.25) is 14.4 Å². The highest BCUT2D eigenvalue weighted by Gasteiger charge is 2.19. The molecule has 0 saturated carbocycles. The van der Waals surface area contributed by atoms with Gasteiger partial charge in [0.25, 0.3) is 0 Å². The zero-order chi connectivity index (χ0) is 48.6. The fourth-order valence-corrected chi connectivity index (χ4v) is 8.69. The second kappa shape index (κ2) is 56.2. The minimum absolute atomic E-state index is 0.0713. The number of ether oxygens (including phenoxy) is 3. The van der Waals surface area contributed by atoms with Gasteiger partial charge in [0.15, 0.2) is 6.10 Å².